The largest absolute Gasteiger partial charge is 0.352 e. The lowest BCUT2D eigenvalue weighted by atomic mass is 10.1. The van der Waals surface area contributed by atoms with Crippen molar-refractivity contribution in [1.82, 2.24) is 10.3 Å². The number of hydrogen-bond acceptors (Lipinski definition) is 2. The van der Waals surface area contributed by atoms with E-state index in [0.717, 1.165) is 5.56 Å². The highest BCUT2D eigenvalue weighted by Gasteiger charge is 2.11. The normalized spacial score (nSPS) is 10.2. The highest BCUT2D eigenvalue weighted by Crippen LogP contribution is 2.19. The van der Waals surface area contributed by atoms with Gasteiger partial charge in [0.15, 0.2) is 0 Å². The highest BCUT2D eigenvalue weighted by molar-refractivity contribution is 6.31. The second-order valence-corrected chi connectivity index (χ2v) is 4.42. The third kappa shape index (κ3) is 3.76. The summed E-state index contributed by atoms with van der Waals surface area (Å²) < 4.78 is 13.5. The molecule has 0 aliphatic heterocycles. The van der Waals surface area contributed by atoms with E-state index in [0.29, 0.717) is 6.54 Å². The second-order valence-electron chi connectivity index (χ2n) is 4.01. The molecule has 98 valence electrons. The van der Waals surface area contributed by atoms with Crippen molar-refractivity contribution in [2.24, 2.45) is 0 Å². The number of nitrogens with one attached hydrogen (secondary N) is 1. The van der Waals surface area contributed by atoms with Crippen molar-refractivity contribution in [3.8, 4) is 0 Å². The molecule has 0 saturated heterocycles. The Labute approximate surface area is 115 Å². The molecule has 3 nitrogen and oxygen atoms in total. The summed E-state index contributed by atoms with van der Waals surface area (Å²) in [5.74, 6) is -0.740. The van der Waals surface area contributed by atoms with Crippen LogP contribution in [0.5, 0.6) is 0 Å². The molecular weight excluding hydrogens is 267 g/mol. The first-order valence-corrected chi connectivity index (χ1v) is 6.13. The lowest BCUT2D eigenvalue weighted by Gasteiger charge is -2.07. The Morgan fingerprint density at radius 1 is 1.26 bits per heavy atom. The van der Waals surface area contributed by atoms with Gasteiger partial charge in [-0.1, -0.05) is 17.7 Å². The maximum Gasteiger partial charge on any atom is 0.224 e. The molecular formula is C14H12ClFN2O. The summed E-state index contributed by atoms with van der Waals surface area (Å²) in [7, 11) is 0. The number of rotatable bonds is 4. The maximum absolute atomic E-state index is 13.5. The van der Waals surface area contributed by atoms with Gasteiger partial charge in [0, 0.05) is 29.5 Å². The summed E-state index contributed by atoms with van der Waals surface area (Å²) in [6, 6.07) is 7.97. The van der Waals surface area contributed by atoms with Crippen LogP contribution in [0.3, 0.4) is 0 Å². The Bertz CT molecular complexity index is 555. The van der Waals surface area contributed by atoms with Crippen LogP contribution in [0.4, 0.5) is 4.39 Å². The van der Waals surface area contributed by atoms with Gasteiger partial charge in [0.2, 0.25) is 5.91 Å². The van der Waals surface area contributed by atoms with Crippen LogP contribution >= 0.6 is 11.6 Å². The summed E-state index contributed by atoms with van der Waals surface area (Å²) in [4.78, 5) is 15.6. The van der Waals surface area contributed by atoms with Crippen LogP contribution in [0.1, 0.15) is 11.1 Å². The number of carbonyl (C=O) groups is 1. The fourth-order valence-corrected chi connectivity index (χ4v) is 1.86. The Kier molecular flexibility index (Phi) is 4.47. The molecule has 2 rings (SSSR count). The lowest BCUT2D eigenvalue weighted by Crippen LogP contribution is -2.25. The van der Waals surface area contributed by atoms with E-state index in [-0.39, 0.29) is 22.9 Å². The van der Waals surface area contributed by atoms with Crippen LogP contribution in [0.2, 0.25) is 5.02 Å². The van der Waals surface area contributed by atoms with Crippen molar-refractivity contribution in [1.29, 1.82) is 0 Å². The van der Waals surface area contributed by atoms with Gasteiger partial charge in [-0.15, -0.1) is 0 Å². The van der Waals surface area contributed by atoms with Gasteiger partial charge in [-0.2, -0.15) is 0 Å². The van der Waals surface area contributed by atoms with Gasteiger partial charge in [0.05, 0.1) is 6.42 Å². The van der Waals surface area contributed by atoms with Crippen LogP contribution in [-0.2, 0) is 17.8 Å². The summed E-state index contributed by atoms with van der Waals surface area (Å²) in [6.45, 7) is 0.382. The van der Waals surface area contributed by atoms with Crippen LogP contribution in [-0.4, -0.2) is 10.9 Å². The number of aromatic nitrogens is 1. The van der Waals surface area contributed by atoms with Gasteiger partial charge in [0.1, 0.15) is 5.82 Å². The van der Waals surface area contributed by atoms with Gasteiger partial charge in [-0.05, 0) is 29.8 Å². The van der Waals surface area contributed by atoms with E-state index in [9.17, 15) is 9.18 Å². The van der Waals surface area contributed by atoms with E-state index in [1.807, 2.05) is 0 Å². The zero-order valence-corrected chi connectivity index (χ0v) is 10.8. The average Bonchev–Trinajstić information content (AvgIpc) is 2.42. The molecule has 1 aromatic carbocycles. The van der Waals surface area contributed by atoms with Gasteiger partial charge in [-0.3, -0.25) is 9.78 Å². The summed E-state index contributed by atoms with van der Waals surface area (Å²) in [6.07, 6.45) is 3.22. The van der Waals surface area contributed by atoms with Crippen molar-refractivity contribution in [2.45, 2.75) is 13.0 Å². The molecule has 0 aliphatic rings. The fourth-order valence-electron chi connectivity index (χ4n) is 1.63. The standard InChI is InChI=1S/C14H12ClFN2O/c15-12-2-1-3-13(16)11(12)8-14(19)18-9-10-4-6-17-7-5-10/h1-7H,8-9H2,(H,18,19). The van der Waals surface area contributed by atoms with Crippen LogP contribution in [0, 0.1) is 5.82 Å². The molecule has 1 aromatic heterocycles. The van der Waals surface area contributed by atoms with E-state index in [1.165, 1.54) is 12.1 Å². The summed E-state index contributed by atoms with van der Waals surface area (Å²) >= 11 is 5.86. The number of halogens is 2. The van der Waals surface area contributed by atoms with Crippen molar-refractivity contribution in [3.05, 3.63) is 64.7 Å². The zero-order chi connectivity index (χ0) is 13.7. The molecule has 0 unspecified atom stereocenters. The first-order chi connectivity index (χ1) is 9.16. The Morgan fingerprint density at radius 2 is 2.00 bits per heavy atom. The Balaban J connectivity index is 1.95. The highest BCUT2D eigenvalue weighted by atomic mass is 35.5. The number of nitrogens with zero attached hydrogens (tertiary/aromatic N) is 1. The summed E-state index contributed by atoms with van der Waals surface area (Å²) in [5.41, 5.74) is 1.15. The molecule has 0 aliphatic carbocycles. The predicted octanol–water partition coefficient (Wildman–Crippen LogP) is 2.73. The maximum atomic E-state index is 13.5. The Morgan fingerprint density at radius 3 is 2.68 bits per heavy atom. The number of pyridine rings is 1. The van der Waals surface area contributed by atoms with Crippen molar-refractivity contribution >= 4 is 17.5 Å². The zero-order valence-electron chi connectivity index (χ0n) is 10.1. The molecule has 0 bridgehead atoms. The predicted molar refractivity (Wildman–Crippen MR) is 71.2 cm³/mol. The molecule has 0 fully saturated rings. The number of carbonyl (C=O) groups excluding carboxylic acids is 1. The van der Waals surface area contributed by atoms with E-state index in [4.69, 9.17) is 11.6 Å². The first-order valence-electron chi connectivity index (χ1n) is 5.75. The van der Waals surface area contributed by atoms with Gasteiger partial charge in [-0.25, -0.2) is 4.39 Å². The molecule has 1 heterocycles. The van der Waals surface area contributed by atoms with Crippen molar-refractivity contribution in [3.63, 3.8) is 0 Å². The smallest absolute Gasteiger partial charge is 0.224 e. The molecule has 2 aromatic rings. The summed E-state index contributed by atoms with van der Waals surface area (Å²) in [5, 5.41) is 2.97. The Hall–Kier alpha value is -1.94. The monoisotopic (exact) mass is 278 g/mol. The third-order valence-corrected chi connectivity index (χ3v) is 2.99. The number of benzene rings is 1. The topological polar surface area (TPSA) is 42.0 Å². The minimum absolute atomic E-state index is 0.0728. The molecule has 0 spiro atoms. The molecule has 1 N–H and O–H groups in total. The first kappa shape index (κ1) is 13.5. The van der Waals surface area contributed by atoms with E-state index in [1.54, 1.807) is 30.6 Å². The molecule has 19 heavy (non-hydrogen) atoms. The number of hydrogen-bond donors (Lipinski definition) is 1. The molecule has 0 atom stereocenters. The SMILES string of the molecule is O=C(Cc1c(F)cccc1Cl)NCc1ccncc1. The van der Waals surface area contributed by atoms with E-state index < -0.39 is 5.82 Å². The van der Waals surface area contributed by atoms with Gasteiger partial charge in [0.25, 0.3) is 0 Å². The van der Waals surface area contributed by atoms with Gasteiger partial charge < -0.3 is 5.32 Å². The third-order valence-electron chi connectivity index (χ3n) is 2.64. The van der Waals surface area contributed by atoms with Crippen LogP contribution in [0.15, 0.2) is 42.7 Å². The van der Waals surface area contributed by atoms with Gasteiger partial charge >= 0.3 is 0 Å². The van der Waals surface area contributed by atoms with E-state index in [2.05, 4.69) is 10.3 Å². The molecule has 0 radical (unpaired) electrons. The minimum Gasteiger partial charge on any atom is -0.352 e. The second kappa shape index (κ2) is 6.29. The lowest BCUT2D eigenvalue weighted by molar-refractivity contribution is -0.120. The average molecular weight is 279 g/mol. The van der Waals surface area contributed by atoms with Crippen LogP contribution in [0.25, 0.3) is 0 Å². The van der Waals surface area contributed by atoms with Crippen molar-refractivity contribution in [2.75, 3.05) is 0 Å². The van der Waals surface area contributed by atoms with Crippen molar-refractivity contribution < 1.29 is 9.18 Å². The quantitative estimate of drug-likeness (QED) is 0.934. The van der Waals surface area contributed by atoms with E-state index >= 15 is 0 Å². The fraction of sp³-hybridized carbons (Fsp3) is 0.143. The van der Waals surface area contributed by atoms with Crippen LogP contribution < -0.4 is 5.32 Å². The molecule has 5 heteroatoms. The number of amides is 1. The minimum atomic E-state index is -0.466. The molecule has 0 saturated carbocycles. The molecule has 1 amide bonds.